The molecule has 1 aromatic carbocycles. The van der Waals surface area contributed by atoms with E-state index in [4.69, 9.17) is 4.74 Å². The van der Waals surface area contributed by atoms with Crippen molar-refractivity contribution < 1.29 is 4.74 Å². The molecule has 78 valence electrons. The predicted molar refractivity (Wildman–Crippen MR) is 61.5 cm³/mol. The lowest BCUT2D eigenvalue weighted by Gasteiger charge is -2.11. The lowest BCUT2D eigenvalue weighted by molar-refractivity contribution is 0.223. The van der Waals surface area contributed by atoms with Crippen LogP contribution in [0.4, 0.5) is 0 Å². The summed E-state index contributed by atoms with van der Waals surface area (Å²) in [5.74, 6) is 0.955. The lowest BCUT2D eigenvalue weighted by Crippen LogP contribution is -2.19. The lowest BCUT2D eigenvalue weighted by atomic mass is 10.2. The summed E-state index contributed by atoms with van der Waals surface area (Å²) >= 11 is 1.52. The van der Waals surface area contributed by atoms with Crippen LogP contribution >= 0.6 is 11.5 Å². The number of hydrogen-bond donors (Lipinski definition) is 1. The number of hydrogen-bond acceptors (Lipinski definition) is 4. The first kappa shape index (κ1) is 9.12. The Hall–Kier alpha value is -1.13. The van der Waals surface area contributed by atoms with E-state index >= 15 is 0 Å². The molecule has 0 aliphatic carbocycles. The molecule has 4 heteroatoms. The van der Waals surface area contributed by atoms with Crippen LogP contribution < -0.4 is 10.1 Å². The molecule has 0 radical (unpaired) electrons. The molecule has 0 saturated carbocycles. The molecular weight excluding hydrogens is 208 g/mol. The number of nitrogens with zero attached hydrogens (tertiary/aromatic N) is 1. The first-order valence-electron chi connectivity index (χ1n) is 5.14. The normalized spacial score (nSPS) is 20.9. The SMILES string of the molecule is c1cc2sncc2cc1OC1CCNC1. The summed E-state index contributed by atoms with van der Waals surface area (Å²) in [6.07, 6.45) is 3.31. The van der Waals surface area contributed by atoms with Crippen molar-refractivity contribution in [2.45, 2.75) is 12.5 Å². The van der Waals surface area contributed by atoms with E-state index < -0.39 is 0 Å². The van der Waals surface area contributed by atoms with Gasteiger partial charge in [-0.2, -0.15) is 4.37 Å². The van der Waals surface area contributed by atoms with Crippen molar-refractivity contribution in [2.75, 3.05) is 13.1 Å². The van der Waals surface area contributed by atoms with Crippen molar-refractivity contribution in [3.05, 3.63) is 24.4 Å². The minimum Gasteiger partial charge on any atom is -0.489 e. The molecule has 1 unspecified atom stereocenters. The zero-order valence-corrected chi connectivity index (χ0v) is 9.09. The van der Waals surface area contributed by atoms with Crippen LogP contribution in [-0.4, -0.2) is 23.6 Å². The molecule has 3 rings (SSSR count). The molecule has 1 atom stereocenters. The molecule has 1 fully saturated rings. The van der Waals surface area contributed by atoms with Gasteiger partial charge in [0.1, 0.15) is 11.9 Å². The van der Waals surface area contributed by atoms with Crippen LogP contribution in [0.1, 0.15) is 6.42 Å². The van der Waals surface area contributed by atoms with Crippen LogP contribution in [0.3, 0.4) is 0 Å². The van der Waals surface area contributed by atoms with Gasteiger partial charge in [0.15, 0.2) is 0 Å². The van der Waals surface area contributed by atoms with Gasteiger partial charge in [-0.05, 0) is 42.7 Å². The van der Waals surface area contributed by atoms with Crippen LogP contribution in [0.25, 0.3) is 10.1 Å². The number of aromatic nitrogens is 1. The first-order valence-corrected chi connectivity index (χ1v) is 5.91. The van der Waals surface area contributed by atoms with Gasteiger partial charge in [-0.3, -0.25) is 0 Å². The molecule has 0 spiro atoms. The smallest absolute Gasteiger partial charge is 0.120 e. The summed E-state index contributed by atoms with van der Waals surface area (Å²) in [5.41, 5.74) is 0. The van der Waals surface area contributed by atoms with Crippen LogP contribution in [-0.2, 0) is 0 Å². The van der Waals surface area contributed by atoms with E-state index in [-0.39, 0.29) is 0 Å². The van der Waals surface area contributed by atoms with Gasteiger partial charge in [0.25, 0.3) is 0 Å². The quantitative estimate of drug-likeness (QED) is 0.841. The number of rotatable bonds is 2. The van der Waals surface area contributed by atoms with Gasteiger partial charge in [0.05, 0.1) is 4.70 Å². The van der Waals surface area contributed by atoms with Crippen molar-refractivity contribution in [3.8, 4) is 5.75 Å². The van der Waals surface area contributed by atoms with Gasteiger partial charge in [-0.15, -0.1) is 0 Å². The Labute approximate surface area is 92.2 Å². The Morgan fingerprint density at radius 3 is 3.33 bits per heavy atom. The second kappa shape index (κ2) is 3.79. The van der Waals surface area contributed by atoms with E-state index in [0.29, 0.717) is 6.10 Å². The van der Waals surface area contributed by atoms with Gasteiger partial charge in [-0.1, -0.05) is 0 Å². The van der Waals surface area contributed by atoms with Crippen molar-refractivity contribution in [1.29, 1.82) is 0 Å². The topological polar surface area (TPSA) is 34.1 Å². The molecule has 1 aliphatic heterocycles. The number of ether oxygens (including phenoxy) is 1. The Morgan fingerprint density at radius 2 is 2.47 bits per heavy atom. The predicted octanol–water partition coefficient (Wildman–Crippen LogP) is 2.04. The average Bonchev–Trinajstić information content (AvgIpc) is 2.87. The minimum atomic E-state index is 0.328. The summed E-state index contributed by atoms with van der Waals surface area (Å²) in [4.78, 5) is 0. The molecule has 1 saturated heterocycles. The van der Waals surface area contributed by atoms with Gasteiger partial charge >= 0.3 is 0 Å². The molecule has 1 N–H and O–H groups in total. The van der Waals surface area contributed by atoms with Crippen LogP contribution in [0.15, 0.2) is 24.4 Å². The van der Waals surface area contributed by atoms with Gasteiger partial charge in [-0.25, -0.2) is 0 Å². The van der Waals surface area contributed by atoms with Crippen molar-refractivity contribution in [1.82, 2.24) is 9.69 Å². The molecule has 2 heterocycles. The van der Waals surface area contributed by atoms with E-state index in [0.717, 1.165) is 25.3 Å². The monoisotopic (exact) mass is 220 g/mol. The highest BCUT2D eigenvalue weighted by molar-refractivity contribution is 7.13. The van der Waals surface area contributed by atoms with Crippen molar-refractivity contribution in [3.63, 3.8) is 0 Å². The highest BCUT2D eigenvalue weighted by Gasteiger charge is 2.15. The van der Waals surface area contributed by atoms with E-state index in [1.165, 1.54) is 21.6 Å². The Bertz CT molecular complexity index is 462. The highest BCUT2D eigenvalue weighted by atomic mass is 32.1. The average molecular weight is 220 g/mol. The summed E-state index contributed by atoms with van der Waals surface area (Å²) in [6, 6.07) is 6.17. The zero-order valence-electron chi connectivity index (χ0n) is 8.27. The van der Waals surface area contributed by atoms with E-state index in [1.54, 1.807) is 0 Å². The van der Waals surface area contributed by atoms with Crippen LogP contribution in [0, 0.1) is 0 Å². The molecule has 1 aliphatic rings. The Morgan fingerprint density at radius 1 is 1.47 bits per heavy atom. The maximum atomic E-state index is 5.87. The van der Waals surface area contributed by atoms with E-state index in [1.807, 2.05) is 12.3 Å². The molecule has 15 heavy (non-hydrogen) atoms. The molecule has 3 nitrogen and oxygen atoms in total. The first-order chi connectivity index (χ1) is 7.42. The third-order valence-electron chi connectivity index (χ3n) is 2.64. The molecule has 0 bridgehead atoms. The highest BCUT2D eigenvalue weighted by Crippen LogP contribution is 2.24. The van der Waals surface area contributed by atoms with Gasteiger partial charge in [0.2, 0.25) is 0 Å². The van der Waals surface area contributed by atoms with Crippen molar-refractivity contribution >= 4 is 21.6 Å². The summed E-state index contributed by atoms with van der Waals surface area (Å²) in [6.45, 7) is 2.02. The van der Waals surface area contributed by atoms with Crippen LogP contribution in [0.2, 0.25) is 0 Å². The summed E-state index contributed by atoms with van der Waals surface area (Å²) < 4.78 is 11.2. The molecule has 0 amide bonds. The number of fused-ring (bicyclic) bond motifs is 1. The van der Waals surface area contributed by atoms with Gasteiger partial charge in [0, 0.05) is 18.1 Å². The fraction of sp³-hybridized carbons (Fsp3) is 0.364. The number of nitrogens with one attached hydrogen (secondary N) is 1. The fourth-order valence-electron chi connectivity index (χ4n) is 1.84. The summed E-state index contributed by atoms with van der Waals surface area (Å²) in [7, 11) is 0. The number of benzene rings is 1. The maximum absolute atomic E-state index is 5.87. The fourth-order valence-corrected chi connectivity index (χ4v) is 2.47. The summed E-state index contributed by atoms with van der Waals surface area (Å²) in [5, 5.41) is 4.46. The Kier molecular flexibility index (Phi) is 2.31. The molecule has 1 aromatic heterocycles. The van der Waals surface area contributed by atoms with E-state index in [9.17, 15) is 0 Å². The van der Waals surface area contributed by atoms with Crippen LogP contribution in [0.5, 0.6) is 5.75 Å². The van der Waals surface area contributed by atoms with Gasteiger partial charge < -0.3 is 10.1 Å². The maximum Gasteiger partial charge on any atom is 0.120 e. The van der Waals surface area contributed by atoms with Crippen molar-refractivity contribution in [2.24, 2.45) is 0 Å². The third-order valence-corrected chi connectivity index (χ3v) is 3.42. The third kappa shape index (κ3) is 1.82. The zero-order chi connectivity index (χ0) is 10.1. The minimum absolute atomic E-state index is 0.328. The largest absolute Gasteiger partial charge is 0.489 e. The Balaban J connectivity index is 1.84. The van der Waals surface area contributed by atoms with E-state index in [2.05, 4.69) is 21.8 Å². The molecule has 2 aromatic rings. The second-order valence-electron chi connectivity index (χ2n) is 3.76. The standard InChI is InChI=1S/C11H12N2OS/c1-2-11-8(6-13-15-11)5-9(1)14-10-3-4-12-7-10/h1-2,5-6,10,12H,3-4,7H2. The molecular formula is C11H12N2OS. The second-order valence-corrected chi connectivity index (χ2v) is 4.59.